The molecule has 0 aliphatic carbocycles. The second kappa shape index (κ2) is 12.5. The molecule has 2 saturated heterocycles. The summed E-state index contributed by atoms with van der Waals surface area (Å²) in [7, 11) is 1.64. The number of nitrogens with one attached hydrogen (secondary N) is 1. The Morgan fingerprint density at radius 3 is 2.61 bits per heavy atom. The van der Waals surface area contributed by atoms with E-state index >= 15 is 0 Å². The number of likely N-dealkylation sites (tertiary alicyclic amines) is 2. The van der Waals surface area contributed by atoms with E-state index in [2.05, 4.69) is 56.4 Å². The highest BCUT2D eigenvalue weighted by Crippen LogP contribution is 2.23. The van der Waals surface area contributed by atoms with Crippen LogP contribution in [0.15, 0.2) is 53.1 Å². The lowest BCUT2D eigenvalue weighted by Gasteiger charge is -2.31. The number of methoxy groups -OCH3 is 1. The van der Waals surface area contributed by atoms with Crippen LogP contribution in [0.5, 0.6) is 5.75 Å². The number of hydrogen-bond donors (Lipinski definition) is 1. The molecular formula is C30H39N5O3. The van der Waals surface area contributed by atoms with Gasteiger partial charge in [0.15, 0.2) is 0 Å². The Hall–Kier alpha value is -3.23. The highest BCUT2D eigenvalue weighted by atomic mass is 16.5. The van der Waals surface area contributed by atoms with Gasteiger partial charge in [-0.1, -0.05) is 36.3 Å². The maximum absolute atomic E-state index is 13.0. The van der Waals surface area contributed by atoms with E-state index in [0.717, 1.165) is 48.7 Å². The molecule has 1 aromatic heterocycles. The van der Waals surface area contributed by atoms with Crippen LogP contribution in [0.2, 0.25) is 0 Å². The molecule has 1 amide bonds. The first-order valence-corrected chi connectivity index (χ1v) is 13.8. The Bertz CT molecular complexity index is 1190. The van der Waals surface area contributed by atoms with Gasteiger partial charge in [0.05, 0.1) is 19.6 Å². The highest BCUT2D eigenvalue weighted by molar-refractivity contribution is 5.79. The van der Waals surface area contributed by atoms with Gasteiger partial charge in [-0.05, 0) is 86.6 Å². The third-order valence-corrected chi connectivity index (χ3v) is 7.79. The van der Waals surface area contributed by atoms with Crippen molar-refractivity contribution >= 4 is 5.91 Å². The topological polar surface area (TPSA) is 83.7 Å². The van der Waals surface area contributed by atoms with Gasteiger partial charge < -0.3 is 14.6 Å². The summed E-state index contributed by atoms with van der Waals surface area (Å²) in [4.78, 5) is 22.4. The zero-order valence-electron chi connectivity index (χ0n) is 22.6. The first-order valence-electron chi connectivity index (χ1n) is 13.8. The normalized spacial score (nSPS) is 19.4. The van der Waals surface area contributed by atoms with Crippen LogP contribution in [0.3, 0.4) is 0 Å². The Morgan fingerprint density at radius 2 is 1.82 bits per heavy atom. The molecule has 8 nitrogen and oxygen atoms in total. The zero-order chi connectivity index (χ0) is 26.3. The van der Waals surface area contributed by atoms with Gasteiger partial charge in [0, 0.05) is 25.2 Å². The molecule has 1 atom stereocenters. The highest BCUT2D eigenvalue weighted by Gasteiger charge is 2.27. The van der Waals surface area contributed by atoms with Crippen molar-refractivity contribution in [2.24, 2.45) is 11.8 Å². The number of ether oxygens (including phenoxy) is 1. The second-order valence-corrected chi connectivity index (χ2v) is 10.8. The van der Waals surface area contributed by atoms with E-state index in [0.29, 0.717) is 31.3 Å². The molecule has 3 heterocycles. The lowest BCUT2D eigenvalue weighted by molar-refractivity contribution is -0.127. The number of carbonyl (C=O) groups is 1. The van der Waals surface area contributed by atoms with Crippen LogP contribution in [0.4, 0.5) is 0 Å². The SMILES string of the molecule is COc1ccc(-c2noc(CN3CCCC(C(=O)NCc4cccc(CN5CCC(C)CC5)c4)C3)n2)cc1. The summed E-state index contributed by atoms with van der Waals surface area (Å²) in [5.74, 6) is 2.84. The van der Waals surface area contributed by atoms with Crippen LogP contribution in [0.1, 0.15) is 49.6 Å². The van der Waals surface area contributed by atoms with Crippen LogP contribution in [0, 0.1) is 11.8 Å². The van der Waals surface area contributed by atoms with Crippen LogP contribution in [0.25, 0.3) is 11.4 Å². The van der Waals surface area contributed by atoms with Crippen molar-refractivity contribution in [1.82, 2.24) is 25.3 Å². The van der Waals surface area contributed by atoms with E-state index < -0.39 is 0 Å². The lowest BCUT2D eigenvalue weighted by Crippen LogP contribution is -2.42. The molecule has 2 aliphatic rings. The number of nitrogens with zero attached hydrogens (tertiary/aromatic N) is 4. The maximum Gasteiger partial charge on any atom is 0.241 e. The van der Waals surface area contributed by atoms with E-state index in [4.69, 9.17) is 9.26 Å². The summed E-state index contributed by atoms with van der Waals surface area (Å²) >= 11 is 0. The third kappa shape index (κ3) is 6.99. The van der Waals surface area contributed by atoms with Gasteiger partial charge in [0.25, 0.3) is 0 Å². The first kappa shape index (κ1) is 26.4. The van der Waals surface area contributed by atoms with Crippen LogP contribution in [-0.4, -0.2) is 59.1 Å². The molecule has 0 spiro atoms. The molecule has 2 fully saturated rings. The second-order valence-electron chi connectivity index (χ2n) is 10.8. The van der Waals surface area contributed by atoms with Gasteiger partial charge in [-0.2, -0.15) is 4.98 Å². The van der Waals surface area contributed by atoms with Gasteiger partial charge in [-0.25, -0.2) is 0 Å². The van der Waals surface area contributed by atoms with Crippen molar-refractivity contribution in [3.05, 3.63) is 65.5 Å². The molecule has 0 bridgehead atoms. The molecule has 3 aromatic rings. The minimum atomic E-state index is -0.0359. The van der Waals surface area contributed by atoms with E-state index in [1.807, 2.05) is 24.3 Å². The van der Waals surface area contributed by atoms with Crippen molar-refractivity contribution in [3.8, 4) is 17.1 Å². The van der Waals surface area contributed by atoms with E-state index in [1.54, 1.807) is 7.11 Å². The number of carbonyl (C=O) groups excluding carboxylic acids is 1. The van der Waals surface area contributed by atoms with Crippen molar-refractivity contribution in [2.75, 3.05) is 33.3 Å². The minimum absolute atomic E-state index is 0.0359. The fourth-order valence-electron chi connectivity index (χ4n) is 5.43. The summed E-state index contributed by atoms with van der Waals surface area (Å²) in [6, 6.07) is 16.2. The van der Waals surface area contributed by atoms with E-state index in [1.165, 1.54) is 31.5 Å². The average Bonchev–Trinajstić information content (AvgIpc) is 3.42. The van der Waals surface area contributed by atoms with Crippen LogP contribution in [-0.2, 0) is 24.4 Å². The Morgan fingerprint density at radius 1 is 1.03 bits per heavy atom. The number of piperidine rings is 2. The fraction of sp³-hybridized carbons (Fsp3) is 0.500. The monoisotopic (exact) mass is 517 g/mol. The molecule has 0 saturated carbocycles. The molecule has 38 heavy (non-hydrogen) atoms. The summed E-state index contributed by atoms with van der Waals surface area (Å²) in [5.41, 5.74) is 3.36. The van der Waals surface area contributed by atoms with Gasteiger partial charge in [-0.3, -0.25) is 14.6 Å². The number of benzene rings is 2. The molecular weight excluding hydrogens is 478 g/mol. The molecule has 2 aliphatic heterocycles. The quantitative estimate of drug-likeness (QED) is 0.447. The van der Waals surface area contributed by atoms with Crippen LogP contribution >= 0.6 is 0 Å². The Kier molecular flexibility index (Phi) is 8.71. The molecule has 202 valence electrons. The number of aromatic nitrogens is 2. The fourth-order valence-corrected chi connectivity index (χ4v) is 5.43. The summed E-state index contributed by atoms with van der Waals surface area (Å²) in [6.45, 7) is 8.40. The number of rotatable bonds is 9. The van der Waals surface area contributed by atoms with E-state index in [-0.39, 0.29) is 11.8 Å². The summed E-state index contributed by atoms with van der Waals surface area (Å²) in [5, 5.41) is 7.32. The summed E-state index contributed by atoms with van der Waals surface area (Å²) in [6.07, 6.45) is 4.44. The average molecular weight is 518 g/mol. The van der Waals surface area contributed by atoms with E-state index in [9.17, 15) is 4.79 Å². The molecule has 1 unspecified atom stereocenters. The minimum Gasteiger partial charge on any atom is -0.497 e. The molecule has 0 radical (unpaired) electrons. The molecule has 8 heteroatoms. The first-order chi connectivity index (χ1) is 18.6. The van der Waals surface area contributed by atoms with Crippen molar-refractivity contribution in [3.63, 3.8) is 0 Å². The smallest absolute Gasteiger partial charge is 0.241 e. The van der Waals surface area contributed by atoms with Crippen molar-refractivity contribution in [1.29, 1.82) is 0 Å². The standard InChI is InChI=1S/C30H39N5O3/c1-22-12-15-34(16-13-22)19-24-6-3-5-23(17-24)18-31-30(36)26-7-4-14-35(20-26)21-28-32-29(33-38-28)25-8-10-27(37-2)11-9-25/h3,5-6,8-11,17,22,26H,4,7,12-16,18-21H2,1-2H3,(H,31,36). The predicted molar refractivity (Wildman–Crippen MR) is 146 cm³/mol. The molecule has 1 N–H and O–H groups in total. The Labute approximate surface area is 225 Å². The predicted octanol–water partition coefficient (Wildman–Crippen LogP) is 4.51. The van der Waals surface area contributed by atoms with Crippen molar-refractivity contribution < 1.29 is 14.1 Å². The zero-order valence-corrected chi connectivity index (χ0v) is 22.6. The van der Waals surface area contributed by atoms with Gasteiger partial charge in [0.2, 0.25) is 17.6 Å². The Balaban J connectivity index is 1.10. The lowest BCUT2D eigenvalue weighted by atomic mass is 9.97. The number of amides is 1. The summed E-state index contributed by atoms with van der Waals surface area (Å²) < 4.78 is 10.7. The van der Waals surface area contributed by atoms with Crippen LogP contribution < -0.4 is 10.1 Å². The van der Waals surface area contributed by atoms with Crippen molar-refractivity contribution in [2.45, 2.75) is 52.2 Å². The van der Waals surface area contributed by atoms with Gasteiger partial charge in [0.1, 0.15) is 5.75 Å². The van der Waals surface area contributed by atoms with Gasteiger partial charge in [-0.15, -0.1) is 0 Å². The number of hydrogen-bond acceptors (Lipinski definition) is 7. The molecule has 5 rings (SSSR count). The third-order valence-electron chi connectivity index (χ3n) is 7.79. The van der Waals surface area contributed by atoms with Gasteiger partial charge >= 0.3 is 0 Å². The molecule has 2 aromatic carbocycles. The maximum atomic E-state index is 13.0. The largest absolute Gasteiger partial charge is 0.497 e.